The van der Waals surface area contributed by atoms with Crippen molar-refractivity contribution >= 4 is 40.7 Å². The second-order valence-corrected chi connectivity index (χ2v) is 6.07. The average molecular weight is 357 g/mol. The highest BCUT2D eigenvalue weighted by atomic mass is 35.5. The maximum absolute atomic E-state index is 11.7. The van der Waals surface area contributed by atoms with E-state index in [1.54, 1.807) is 18.2 Å². The van der Waals surface area contributed by atoms with Gasteiger partial charge in [-0.15, -0.1) is 0 Å². The summed E-state index contributed by atoms with van der Waals surface area (Å²) in [5.41, 5.74) is 0.511. The quantitative estimate of drug-likeness (QED) is 0.796. The summed E-state index contributed by atoms with van der Waals surface area (Å²) in [7, 11) is 0. The third-order valence-corrected chi connectivity index (χ3v) is 4.22. The molecule has 5 nitrogen and oxygen atoms in total. The van der Waals surface area contributed by atoms with E-state index in [1.165, 1.54) is 12.2 Å². The molecule has 0 atom stereocenters. The number of hydrogen-bond donors (Lipinski definition) is 2. The maximum Gasteiger partial charge on any atom is 0.248 e. The zero-order valence-electron chi connectivity index (χ0n) is 12.5. The first-order valence-corrected chi connectivity index (χ1v) is 8.10. The first-order chi connectivity index (χ1) is 11.0. The van der Waals surface area contributed by atoms with E-state index in [-0.39, 0.29) is 5.91 Å². The Kier molecular flexibility index (Phi) is 6.89. The van der Waals surface area contributed by atoms with E-state index in [0.717, 1.165) is 26.1 Å². The molecule has 0 spiro atoms. The van der Waals surface area contributed by atoms with E-state index in [4.69, 9.17) is 27.9 Å². The van der Waals surface area contributed by atoms with E-state index in [0.29, 0.717) is 28.2 Å². The number of carbonyl (C=O) groups excluding carboxylic acids is 2. The fourth-order valence-electron chi connectivity index (χ4n) is 2.16. The molecular formula is C16H18Cl2N2O3. The minimum absolute atomic E-state index is 0.291. The lowest BCUT2D eigenvalue weighted by molar-refractivity contribution is -0.117. The van der Waals surface area contributed by atoms with Crippen LogP contribution in [-0.2, 0) is 14.3 Å². The van der Waals surface area contributed by atoms with Crippen molar-refractivity contribution in [3.05, 3.63) is 40.4 Å². The molecule has 2 rings (SSSR count). The predicted molar refractivity (Wildman–Crippen MR) is 90.8 cm³/mol. The summed E-state index contributed by atoms with van der Waals surface area (Å²) in [5, 5.41) is 6.15. The lowest BCUT2D eigenvalue weighted by Crippen LogP contribution is -2.31. The Hall–Kier alpha value is -1.56. The Morgan fingerprint density at radius 2 is 1.83 bits per heavy atom. The van der Waals surface area contributed by atoms with Crippen LogP contribution in [0, 0.1) is 5.92 Å². The van der Waals surface area contributed by atoms with Gasteiger partial charge in [0.25, 0.3) is 0 Å². The molecule has 0 aliphatic carbocycles. The molecule has 2 amide bonds. The highest BCUT2D eigenvalue weighted by Gasteiger charge is 2.13. The molecule has 7 heteroatoms. The first-order valence-electron chi connectivity index (χ1n) is 7.34. The third kappa shape index (κ3) is 6.22. The number of rotatable bonds is 5. The van der Waals surface area contributed by atoms with Crippen LogP contribution in [0.15, 0.2) is 30.4 Å². The summed E-state index contributed by atoms with van der Waals surface area (Å²) in [4.78, 5) is 23.4. The van der Waals surface area contributed by atoms with Gasteiger partial charge in [-0.25, -0.2) is 0 Å². The fraction of sp³-hybridized carbons (Fsp3) is 0.375. The topological polar surface area (TPSA) is 67.4 Å². The highest BCUT2D eigenvalue weighted by molar-refractivity contribution is 6.42. The van der Waals surface area contributed by atoms with Gasteiger partial charge in [0, 0.05) is 37.6 Å². The SMILES string of the molecule is O=C(/C=C\C(=O)Nc1ccc(Cl)c(Cl)c1)NCC1CCOCC1. The zero-order valence-corrected chi connectivity index (χ0v) is 14.0. The maximum atomic E-state index is 11.7. The van der Waals surface area contributed by atoms with Crippen molar-refractivity contribution in [3.8, 4) is 0 Å². The van der Waals surface area contributed by atoms with Crippen molar-refractivity contribution < 1.29 is 14.3 Å². The van der Waals surface area contributed by atoms with Crippen LogP contribution in [0.5, 0.6) is 0 Å². The smallest absolute Gasteiger partial charge is 0.248 e. The minimum atomic E-state index is -0.412. The van der Waals surface area contributed by atoms with Crippen LogP contribution < -0.4 is 10.6 Å². The van der Waals surface area contributed by atoms with Gasteiger partial charge in [-0.1, -0.05) is 23.2 Å². The molecule has 1 fully saturated rings. The number of amides is 2. The summed E-state index contributed by atoms with van der Waals surface area (Å²) in [5.74, 6) is -0.267. The average Bonchev–Trinajstić information content (AvgIpc) is 2.55. The minimum Gasteiger partial charge on any atom is -0.381 e. The van der Waals surface area contributed by atoms with E-state index < -0.39 is 5.91 Å². The number of carbonyl (C=O) groups is 2. The number of halogens is 2. The molecule has 1 aliphatic heterocycles. The van der Waals surface area contributed by atoms with E-state index in [2.05, 4.69) is 10.6 Å². The van der Waals surface area contributed by atoms with Crippen LogP contribution in [0.2, 0.25) is 10.0 Å². The van der Waals surface area contributed by atoms with Crippen molar-refractivity contribution in [1.82, 2.24) is 5.32 Å². The molecule has 0 bridgehead atoms. The molecule has 124 valence electrons. The second-order valence-electron chi connectivity index (χ2n) is 5.25. The van der Waals surface area contributed by atoms with Gasteiger partial charge in [0.15, 0.2) is 0 Å². The van der Waals surface area contributed by atoms with Crippen LogP contribution in [0.4, 0.5) is 5.69 Å². The first kappa shape index (κ1) is 17.8. The Bertz CT molecular complexity index is 599. The number of nitrogens with one attached hydrogen (secondary N) is 2. The summed E-state index contributed by atoms with van der Waals surface area (Å²) < 4.78 is 5.26. The highest BCUT2D eigenvalue weighted by Crippen LogP contribution is 2.24. The molecule has 1 saturated heterocycles. The molecule has 2 N–H and O–H groups in total. The molecule has 1 aromatic rings. The Morgan fingerprint density at radius 1 is 1.13 bits per heavy atom. The molecular weight excluding hydrogens is 339 g/mol. The Balaban J connectivity index is 1.75. The molecule has 1 aromatic carbocycles. The fourth-order valence-corrected chi connectivity index (χ4v) is 2.46. The molecule has 0 saturated carbocycles. The lowest BCUT2D eigenvalue weighted by atomic mass is 10.0. The van der Waals surface area contributed by atoms with Crippen LogP contribution in [0.25, 0.3) is 0 Å². The Morgan fingerprint density at radius 3 is 2.52 bits per heavy atom. The van der Waals surface area contributed by atoms with Crippen molar-refractivity contribution in [3.63, 3.8) is 0 Å². The van der Waals surface area contributed by atoms with E-state index >= 15 is 0 Å². The van der Waals surface area contributed by atoms with Crippen molar-refractivity contribution in [2.24, 2.45) is 5.92 Å². The second kappa shape index (κ2) is 8.91. The summed E-state index contributed by atoms with van der Waals surface area (Å²) in [6.45, 7) is 2.08. The third-order valence-electron chi connectivity index (χ3n) is 3.48. The van der Waals surface area contributed by atoms with E-state index in [1.807, 2.05) is 0 Å². The van der Waals surface area contributed by atoms with Crippen LogP contribution >= 0.6 is 23.2 Å². The van der Waals surface area contributed by atoms with Gasteiger partial charge in [0.1, 0.15) is 0 Å². The number of benzene rings is 1. The molecule has 1 heterocycles. The van der Waals surface area contributed by atoms with Crippen LogP contribution in [-0.4, -0.2) is 31.6 Å². The van der Waals surface area contributed by atoms with Gasteiger partial charge in [-0.05, 0) is 37.0 Å². The van der Waals surface area contributed by atoms with Gasteiger partial charge in [-0.3, -0.25) is 9.59 Å². The Labute approximate surface area is 145 Å². The summed E-state index contributed by atoms with van der Waals surface area (Å²) >= 11 is 11.7. The standard InChI is InChI=1S/C16H18Cl2N2O3/c17-13-2-1-12(9-14(13)18)20-16(22)4-3-15(21)19-10-11-5-7-23-8-6-11/h1-4,9,11H,5-8,10H2,(H,19,21)(H,20,22)/b4-3-. The van der Waals surface area contributed by atoms with Gasteiger partial charge >= 0.3 is 0 Å². The normalized spacial score (nSPS) is 15.6. The molecule has 0 unspecified atom stereocenters. The van der Waals surface area contributed by atoms with Gasteiger partial charge in [-0.2, -0.15) is 0 Å². The van der Waals surface area contributed by atoms with Gasteiger partial charge in [0.05, 0.1) is 10.0 Å². The number of anilines is 1. The van der Waals surface area contributed by atoms with Crippen LogP contribution in [0.3, 0.4) is 0 Å². The molecule has 23 heavy (non-hydrogen) atoms. The molecule has 1 aliphatic rings. The molecule has 0 radical (unpaired) electrons. The van der Waals surface area contributed by atoms with Crippen molar-refractivity contribution in [2.75, 3.05) is 25.1 Å². The summed E-state index contributed by atoms with van der Waals surface area (Å²) in [6, 6.07) is 4.76. The largest absolute Gasteiger partial charge is 0.381 e. The van der Waals surface area contributed by atoms with E-state index in [9.17, 15) is 9.59 Å². The van der Waals surface area contributed by atoms with Gasteiger partial charge in [0.2, 0.25) is 11.8 Å². The van der Waals surface area contributed by atoms with Crippen molar-refractivity contribution in [2.45, 2.75) is 12.8 Å². The monoisotopic (exact) mass is 356 g/mol. The zero-order chi connectivity index (χ0) is 16.7. The summed E-state index contributed by atoms with van der Waals surface area (Å²) in [6.07, 6.45) is 4.29. The molecule has 0 aromatic heterocycles. The number of hydrogen-bond acceptors (Lipinski definition) is 3. The number of ether oxygens (including phenoxy) is 1. The predicted octanol–water partition coefficient (Wildman–Crippen LogP) is 3.03. The van der Waals surface area contributed by atoms with Crippen LogP contribution in [0.1, 0.15) is 12.8 Å². The van der Waals surface area contributed by atoms with Gasteiger partial charge < -0.3 is 15.4 Å². The van der Waals surface area contributed by atoms with Crippen molar-refractivity contribution in [1.29, 1.82) is 0 Å². The lowest BCUT2D eigenvalue weighted by Gasteiger charge is -2.21.